The zero-order valence-electron chi connectivity index (χ0n) is 12.5. The van der Waals surface area contributed by atoms with Gasteiger partial charge >= 0.3 is 0 Å². The maximum absolute atomic E-state index is 11.6. The fraction of sp³-hybridized carbons (Fsp3) is 0.600. The first-order valence-electron chi connectivity index (χ1n) is 7.27. The third kappa shape index (κ3) is 7.13. The van der Waals surface area contributed by atoms with Crippen LogP contribution in [0.5, 0.6) is 0 Å². The van der Waals surface area contributed by atoms with Gasteiger partial charge in [0.15, 0.2) is 0 Å². The second kappa shape index (κ2) is 9.13. The van der Waals surface area contributed by atoms with E-state index in [1.165, 1.54) is 0 Å². The highest BCUT2D eigenvalue weighted by atomic mass is 79.9. The molecule has 0 aliphatic carbocycles. The molecule has 1 aromatic rings. The Hall–Kier alpha value is -0.100. The zero-order chi connectivity index (χ0) is 15.9. The SMILES string of the molecule is CCCNC(CCCS(=O)(=O)CC)c1cc(Cl)cc(Br)c1. The van der Waals surface area contributed by atoms with Gasteiger partial charge in [-0.05, 0) is 49.6 Å². The minimum atomic E-state index is -2.90. The van der Waals surface area contributed by atoms with Crippen LogP contribution in [-0.4, -0.2) is 26.5 Å². The molecule has 1 rings (SSSR count). The van der Waals surface area contributed by atoms with E-state index in [2.05, 4.69) is 28.2 Å². The summed E-state index contributed by atoms with van der Waals surface area (Å²) in [4.78, 5) is 0. The molecule has 0 aliphatic rings. The Balaban J connectivity index is 2.75. The Morgan fingerprint density at radius 1 is 1.29 bits per heavy atom. The van der Waals surface area contributed by atoms with E-state index in [1.807, 2.05) is 18.2 Å². The van der Waals surface area contributed by atoms with Crippen molar-refractivity contribution < 1.29 is 8.42 Å². The maximum atomic E-state index is 11.6. The molecule has 0 aliphatic heterocycles. The van der Waals surface area contributed by atoms with E-state index >= 15 is 0 Å². The molecule has 1 unspecified atom stereocenters. The predicted molar refractivity (Wildman–Crippen MR) is 93.7 cm³/mol. The Morgan fingerprint density at radius 3 is 2.57 bits per heavy atom. The van der Waals surface area contributed by atoms with Crippen molar-refractivity contribution in [2.24, 2.45) is 0 Å². The third-order valence-corrected chi connectivity index (χ3v) is 5.78. The second-order valence-electron chi connectivity index (χ2n) is 5.09. The molecular formula is C15H23BrClNO2S. The van der Waals surface area contributed by atoms with Crippen LogP contribution in [0.2, 0.25) is 5.02 Å². The Labute approximate surface area is 141 Å². The topological polar surface area (TPSA) is 46.2 Å². The van der Waals surface area contributed by atoms with Crippen molar-refractivity contribution in [3.8, 4) is 0 Å². The third-order valence-electron chi connectivity index (χ3n) is 3.32. The smallest absolute Gasteiger partial charge is 0.150 e. The highest BCUT2D eigenvalue weighted by Crippen LogP contribution is 2.26. The van der Waals surface area contributed by atoms with Crippen LogP contribution in [0.1, 0.15) is 44.7 Å². The number of hydrogen-bond donors (Lipinski definition) is 1. The van der Waals surface area contributed by atoms with Crippen LogP contribution in [0.15, 0.2) is 22.7 Å². The van der Waals surface area contributed by atoms with Gasteiger partial charge in [-0.3, -0.25) is 0 Å². The van der Waals surface area contributed by atoms with Crippen LogP contribution in [0.25, 0.3) is 0 Å². The lowest BCUT2D eigenvalue weighted by Gasteiger charge is -2.19. The number of benzene rings is 1. The van der Waals surface area contributed by atoms with Crippen LogP contribution >= 0.6 is 27.5 Å². The van der Waals surface area contributed by atoms with E-state index < -0.39 is 9.84 Å². The number of rotatable bonds is 9. The van der Waals surface area contributed by atoms with Crippen molar-refractivity contribution in [3.05, 3.63) is 33.3 Å². The summed E-state index contributed by atoms with van der Waals surface area (Å²) in [7, 11) is -2.90. The molecule has 21 heavy (non-hydrogen) atoms. The number of halogens is 2. The van der Waals surface area contributed by atoms with Gasteiger partial charge in [-0.25, -0.2) is 8.42 Å². The average Bonchev–Trinajstić information content (AvgIpc) is 2.41. The number of hydrogen-bond acceptors (Lipinski definition) is 3. The lowest BCUT2D eigenvalue weighted by molar-refractivity contribution is 0.492. The molecule has 6 heteroatoms. The van der Waals surface area contributed by atoms with Gasteiger partial charge in [0, 0.05) is 21.3 Å². The summed E-state index contributed by atoms with van der Waals surface area (Å²) >= 11 is 9.56. The summed E-state index contributed by atoms with van der Waals surface area (Å²) in [6.45, 7) is 4.70. The first-order chi connectivity index (χ1) is 9.88. The van der Waals surface area contributed by atoms with E-state index in [-0.39, 0.29) is 17.5 Å². The Bertz CT molecular complexity index is 528. The maximum Gasteiger partial charge on any atom is 0.150 e. The van der Waals surface area contributed by atoms with Crippen LogP contribution in [0.3, 0.4) is 0 Å². The number of nitrogens with one attached hydrogen (secondary N) is 1. The van der Waals surface area contributed by atoms with Gasteiger partial charge in [0.1, 0.15) is 9.84 Å². The van der Waals surface area contributed by atoms with Crippen molar-refractivity contribution in [1.82, 2.24) is 5.32 Å². The molecule has 0 fully saturated rings. The van der Waals surface area contributed by atoms with Crippen LogP contribution in [0, 0.1) is 0 Å². The molecule has 0 aromatic heterocycles. The molecule has 0 saturated heterocycles. The zero-order valence-corrected chi connectivity index (χ0v) is 15.7. The molecule has 0 radical (unpaired) electrons. The van der Waals surface area contributed by atoms with E-state index in [0.717, 1.165) is 29.4 Å². The summed E-state index contributed by atoms with van der Waals surface area (Å²) < 4.78 is 24.1. The van der Waals surface area contributed by atoms with Crippen molar-refractivity contribution in [3.63, 3.8) is 0 Å². The summed E-state index contributed by atoms with van der Waals surface area (Å²) in [5.41, 5.74) is 1.09. The summed E-state index contributed by atoms with van der Waals surface area (Å²) in [5, 5.41) is 4.15. The Morgan fingerprint density at radius 2 is 2.00 bits per heavy atom. The van der Waals surface area contributed by atoms with Crippen LogP contribution in [-0.2, 0) is 9.84 Å². The Kier molecular flexibility index (Phi) is 8.24. The predicted octanol–water partition coefficient (Wildman–Crippen LogP) is 4.36. The standard InChI is InChI=1S/C15H23BrClNO2S/c1-3-7-18-15(6-5-8-21(19,20)4-2)12-9-13(16)11-14(17)10-12/h9-11,15,18H,3-8H2,1-2H3. The number of sulfone groups is 1. The molecule has 0 bridgehead atoms. The molecule has 120 valence electrons. The molecule has 1 atom stereocenters. The van der Waals surface area contributed by atoms with E-state index in [0.29, 0.717) is 11.4 Å². The van der Waals surface area contributed by atoms with E-state index in [4.69, 9.17) is 11.6 Å². The van der Waals surface area contributed by atoms with Gasteiger partial charge in [-0.15, -0.1) is 0 Å². The fourth-order valence-electron chi connectivity index (χ4n) is 2.13. The molecule has 1 N–H and O–H groups in total. The normalized spacial score (nSPS) is 13.3. The first-order valence-corrected chi connectivity index (χ1v) is 10.3. The van der Waals surface area contributed by atoms with Gasteiger partial charge in [0.2, 0.25) is 0 Å². The van der Waals surface area contributed by atoms with Gasteiger partial charge < -0.3 is 5.32 Å². The van der Waals surface area contributed by atoms with Crippen molar-refractivity contribution in [2.45, 2.75) is 39.2 Å². The fourth-order valence-corrected chi connectivity index (χ4v) is 3.91. The van der Waals surface area contributed by atoms with Gasteiger partial charge in [0.25, 0.3) is 0 Å². The lowest BCUT2D eigenvalue weighted by Crippen LogP contribution is -2.23. The van der Waals surface area contributed by atoms with Crippen molar-refractivity contribution >= 4 is 37.4 Å². The largest absolute Gasteiger partial charge is 0.310 e. The molecule has 0 saturated carbocycles. The van der Waals surface area contributed by atoms with E-state index in [1.54, 1.807) is 6.92 Å². The van der Waals surface area contributed by atoms with Crippen LogP contribution < -0.4 is 5.32 Å². The minimum Gasteiger partial charge on any atom is -0.310 e. The lowest BCUT2D eigenvalue weighted by atomic mass is 10.0. The quantitative estimate of drug-likeness (QED) is 0.674. The molecule has 1 aromatic carbocycles. The van der Waals surface area contributed by atoms with Crippen molar-refractivity contribution in [2.75, 3.05) is 18.1 Å². The monoisotopic (exact) mass is 395 g/mol. The van der Waals surface area contributed by atoms with Gasteiger partial charge in [0.05, 0.1) is 5.75 Å². The van der Waals surface area contributed by atoms with Crippen molar-refractivity contribution in [1.29, 1.82) is 0 Å². The molecule has 0 spiro atoms. The van der Waals surface area contributed by atoms with Crippen LogP contribution in [0.4, 0.5) is 0 Å². The summed E-state index contributed by atoms with van der Waals surface area (Å²) in [6.07, 6.45) is 2.47. The second-order valence-corrected chi connectivity index (χ2v) is 8.91. The highest BCUT2D eigenvalue weighted by Gasteiger charge is 2.14. The highest BCUT2D eigenvalue weighted by molar-refractivity contribution is 9.10. The average molecular weight is 397 g/mol. The van der Waals surface area contributed by atoms with Gasteiger partial charge in [-0.1, -0.05) is 41.4 Å². The van der Waals surface area contributed by atoms with Gasteiger partial charge in [-0.2, -0.15) is 0 Å². The molecule has 0 heterocycles. The van der Waals surface area contributed by atoms with E-state index in [9.17, 15) is 8.42 Å². The molecular weight excluding hydrogens is 374 g/mol. The molecule has 0 amide bonds. The molecule has 3 nitrogen and oxygen atoms in total. The first kappa shape index (κ1) is 18.9. The summed E-state index contributed by atoms with van der Waals surface area (Å²) in [5.74, 6) is 0.457. The summed E-state index contributed by atoms with van der Waals surface area (Å²) in [6, 6.07) is 5.96. The minimum absolute atomic E-state index is 0.131.